The van der Waals surface area contributed by atoms with Crippen LogP contribution in [0.25, 0.3) is 11.5 Å². The SMILES string of the molecule is CCOC(=O)C1CC1c1cc(C(=O)Nc2cccc(-c3nncn3C(C)C)n2)ncc1C. The molecule has 4 rings (SSSR count). The topological polar surface area (TPSA) is 112 Å². The normalized spacial score (nSPS) is 17.3. The lowest BCUT2D eigenvalue weighted by atomic mass is 10.0. The van der Waals surface area contributed by atoms with Crippen molar-refractivity contribution in [3.05, 3.63) is 53.6 Å². The maximum absolute atomic E-state index is 12.9. The Morgan fingerprint density at radius 2 is 2.12 bits per heavy atom. The van der Waals surface area contributed by atoms with Gasteiger partial charge in [0.2, 0.25) is 0 Å². The lowest BCUT2D eigenvalue weighted by Crippen LogP contribution is -2.16. The van der Waals surface area contributed by atoms with E-state index in [1.54, 1.807) is 37.6 Å². The fourth-order valence-electron chi connectivity index (χ4n) is 3.72. The first-order chi connectivity index (χ1) is 15.4. The Kier molecular flexibility index (Phi) is 5.98. The van der Waals surface area contributed by atoms with E-state index < -0.39 is 0 Å². The van der Waals surface area contributed by atoms with Gasteiger partial charge < -0.3 is 14.6 Å². The summed E-state index contributed by atoms with van der Waals surface area (Å²) in [5.74, 6) is 0.386. The molecule has 3 aromatic rings. The van der Waals surface area contributed by atoms with Crippen LogP contribution in [0.2, 0.25) is 0 Å². The number of pyridine rings is 2. The summed E-state index contributed by atoms with van der Waals surface area (Å²) in [6, 6.07) is 7.28. The molecule has 3 aromatic heterocycles. The fraction of sp³-hybridized carbons (Fsp3) is 0.391. The summed E-state index contributed by atoms with van der Waals surface area (Å²) in [4.78, 5) is 33.7. The number of carbonyl (C=O) groups is 2. The van der Waals surface area contributed by atoms with E-state index in [2.05, 4.69) is 25.5 Å². The average molecular weight is 435 g/mol. The van der Waals surface area contributed by atoms with Crippen molar-refractivity contribution in [2.45, 2.75) is 46.1 Å². The van der Waals surface area contributed by atoms with Crippen molar-refractivity contribution in [3.8, 4) is 11.5 Å². The highest BCUT2D eigenvalue weighted by atomic mass is 16.5. The smallest absolute Gasteiger partial charge is 0.309 e. The van der Waals surface area contributed by atoms with Gasteiger partial charge in [-0.05, 0) is 69.4 Å². The first kappa shape index (κ1) is 21.6. The number of anilines is 1. The number of aryl methyl sites for hydroxylation is 1. The van der Waals surface area contributed by atoms with E-state index in [1.807, 2.05) is 31.4 Å². The van der Waals surface area contributed by atoms with Crippen molar-refractivity contribution in [1.29, 1.82) is 0 Å². The molecule has 1 aliphatic rings. The zero-order chi connectivity index (χ0) is 22.8. The average Bonchev–Trinajstić information content (AvgIpc) is 3.40. The minimum absolute atomic E-state index is 0.0625. The van der Waals surface area contributed by atoms with Crippen LogP contribution in [-0.4, -0.2) is 43.2 Å². The maximum Gasteiger partial charge on any atom is 0.309 e. The van der Waals surface area contributed by atoms with Crippen molar-refractivity contribution in [1.82, 2.24) is 24.7 Å². The van der Waals surface area contributed by atoms with Gasteiger partial charge >= 0.3 is 5.97 Å². The number of amides is 1. The van der Waals surface area contributed by atoms with E-state index in [0.29, 0.717) is 23.9 Å². The third-order valence-corrected chi connectivity index (χ3v) is 5.51. The van der Waals surface area contributed by atoms with Gasteiger partial charge in [-0.3, -0.25) is 14.6 Å². The quantitative estimate of drug-likeness (QED) is 0.566. The Bertz CT molecular complexity index is 1160. The fourth-order valence-corrected chi connectivity index (χ4v) is 3.72. The molecule has 1 amide bonds. The number of carbonyl (C=O) groups excluding carboxylic acids is 2. The molecule has 3 heterocycles. The summed E-state index contributed by atoms with van der Waals surface area (Å²) in [7, 11) is 0. The van der Waals surface area contributed by atoms with E-state index >= 15 is 0 Å². The molecule has 1 fully saturated rings. The Balaban J connectivity index is 1.52. The Labute approximate surface area is 186 Å². The molecule has 0 aromatic carbocycles. The summed E-state index contributed by atoms with van der Waals surface area (Å²) in [5, 5.41) is 10.9. The van der Waals surface area contributed by atoms with E-state index in [4.69, 9.17) is 4.74 Å². The number of aromatic nitrogens is 5. The Morgan fingerprint density at radius 3 is 2.88 bits per heavy atom. The van der Waals surface area contributed by atoms with Crippen LogP contribution in [-0.2, 0) is 9.53 Å². The number of hydrogen-bond donors (Lipinski definition) is 1. The highest BCUT2D eigenvalue weighted by molar-refractivity contribution is 6.02. The summed E-state index contributed by atoms with van der Waals surface area (Å²) in [6.07, 6.45) is 4.05. The van der Waals surface area contributed by atoms with Gasteiger partial charge in [-0.2, -0.15) is 0 Å². The Hall–Kier alpha value is -3.62. The Morgan fingerprint density at radius 1 is 1.31 bits per heavy atom. The molecule has 9 heteroatoms. The lowest BCUT2D eigenvalue weighted by Gasteiger charge is -2.11. The third-order valence-electron chi connectivity index (χ3n) is 5.51. The second kappa shape index (κ2) is 8.86. The molecule has 1 aliphatic carbocycles. The largest absolute Gasteiger partial charge is 0.466 e. The number of rotatable bonds is 7. The van der Waals surface area contributed by atoms with Crippen LogP contribution in [0.15, 0.2) is 36.8 Å². The van der Waals surface area contributed by atoms with Gasteiger partial charge in [0.1, 0.15) is 23.5 Å². The van der Waals surface area contributed by atoms with Gasteiger partial charge in [0.15, 0.2) is 5.82 Å². The molecule has 0 saturated heterocycles. The van der Waals surface area contributed by atoms with E-state index in [9.17, 15) is 9.59 Å². The molecule has 2 atom stereocenters. The summed E-state index contributed by atoms with van der Waals surface area (Å²) in [6.45, 7) is 8.16. The maximum atomic E-state index is 12.9. The molecule has 0 aliphatic heterocycles. The second-order valence-corrected chi connectivity index (χ2v) is 8.14. The summed E-state index contributed by atoms with van der Waals surface area (Å²) >= 11 is 0. The number of nitrogens with one attached hydrogen (secondary N) is 1. The van der Waals surface area contributed by atoms with Gasteiger partial charge in [0.05, 0.1) is 12.5 Å². The molecule has 166 valence electrons. The lowest BCUT2D eigenvalue weighted by molar-refractivity contribution is -0.144. The second-order valence-electron chi connectivity index (χ2n) is 8.14. The molecular weight excluding hydrogens is 408 g/mol. The first-order valence-electron chi connectivity index (χ1n) is 10.7. The minimum Gasteiger partial charge on any atom is -0.466 e. The standard InChI is InChI=1S/C23H26N6O3/c1-5-32-23(31)17-9-16(17)15-10-19(24-11-14(15)4)22(30)27-20-8-6-7-18(26-20)21-28-25-12-29(21)13(2)3/h6-8,10-13,16-17H,5,9H2,1-4H3,(H,26,27,30). The van der Waals surface area contributed by atoms with E-state index in [-0.39, 0.29) is 35.4 Å². The summed E-state index contributed by atoms with van der Waals surface area (Å²) in [5.41, 5.74) is 2.79. The number of ether oxygens (including phenoxy) is 1. The molecule has 0 spiro atoms. The number of nitrogens with zero attached hydrogens (tertiary/aromatic N) is 5. The molecule has 1 saturated carbocycles. The van der Waals surface area contributed by atoms with Crippen LogP contribution >= 0.6 is 0 Å². The van der Waals surface area contributed by atoms with Crippen molar-refractivity contribution in [3.63, 3.8) is 0 Å². The van der Waals surface area contributed by atoms with Gasteiger partial charge in [-0.1, -0.05) is 6.07 Å². The van der Waals surface area contributed by atoms with Crippen LogP contribution < -0.4 is 5.32 Å². The van der Waals surface area contributed by atoms with E-state index in [0.717, 1.165) is 17.5 Å². The van der Waals surface area contributed by atoms with E-state index in [1.165, 1.54) is 0 Å². The van der Waals surface area contributed by atoms with Crippen molar-refractivity contribution >= 4 is 17.7 Å². The highest BCUT2D eigenvalue weighted by Gasteiger charge is 2.46. The van der Waals surface area contributed by atoms with Crippen LogP contribution in [0.3, 0.4) is 0 Å². The predicted octanol–water partition coefficient (Wildman–Crippen LogP) is 3.54. The molecule has 1 N–H and O–H groups in total. The molecule has 0 bridgehead atoms. The van der Waals surface area contributed by atoms with Gasteiger partial charge in [0.25, 0.3) is 5.91 Å². The molecular formula is C23H26N6O3. The van der Waals surface area contributed by atoms with Crippen molar-refractivity contribution in [2.75, 3.05) is 11.9 Å². The monoisotopic (exact) mass is 434 g/mol. The molecule has 9 nitrogen and oxygen atoms in total. The van der Waals surface area contributed by atoms with Crippen LogP contribution in [0.1, 0.15) is 60.8 Å². The van der Waals surface area contributed by atoms with Crippen molar-refractivity contribution < 1.29 is 14.3 Å². The highest BCUT2D eigenvalue weighted by Crippen LogP contribution is 2.49. The van der Waals surface area contributed by atoms with Gasteiger partial charge in [-0.25, -0.2) is 4.98 Å². The zero-order valence-electron chi connectivity index (χ0n) is 18.6. The van der Waals surface area contributed by atoms with Crippen molar-refractivity contribution in [2.24, 2.45) is 5.92 Å². The molecule has 32 heavy (non-hydrogen) atoms. The van der Waals surface area contributed by atoms with Crippen LogP contribution in [0.5, 0.6) is 0 Å². The third kappa shape index (κ3) is 4.37. The molecule has 0 radical (unpaired) electrons. The zero-order valence-corrected chi connectivity index (χ0v) is 18.6. The predicted molar refractivity (Wildman–Crippen MR) is 118 cm³/mol. The van der Waals surface area contributed by atoms with Gasteiger partial charge in [0, 0.05) is 12.2 Å². The van der Waals surface area contributed by atoms with Crippen LogP contribution in [0, 0.1) is 12.8 Å². The first-order valence-corrected chi connectivity index (χ1v) is 10.7. The molecule has 2 unspecified atom stereocenters. The number of esters is 1. The summed E-state index contributed by atoms with van der Waals surface area (Å²) < 4.78 is 7.04. The van der Waals surface area contributed by atoms with Gasteiger partial charge in [-0.15, -0.1) is 10.2 Å². The van der Waals surface area contributed by atoms with Crippen LogP contribution in [0.4, 0.5) is 5.82 Å². The minimum atomic E-state index is -0.366. The number of hydrogen-bond acceptors (Lipinski definition) is 7.